The van der Waals surface area contributed by atoms with Gasteiger partial charge in [-0.3, -0.25) is 14.5 Å². The van der Waals surface area contributed by atoms with Gasteiger partial charge in [-0.1, -0.05) is 54.6 Å². The number of hydrogen-bond donors (Lipinski definition) is 3. The van der Waals surface area contributed by atoms with Crippen molar-refractivity contribution in [1.82, 2.24) is 20.2 Å². The number of fused-ring (bicyclic) bond motifs is 1. The molecule has 2 heterocycles. The SMILES string of the molecule is Cc1ccc(C(=O)NCN2CCOCC2)cc1NC(=O)c1ccc(Nc2nc(-c3ccccc3)c3ccccc3n2)cc1. The number of carbonyl (C=O) groups is 2. The van der Waals surface area contributed by atoms with Gasteiger partial charge in [0, 0.05) is 46.5 Å². The first-order chi connectivity index (χ1) is 21.0. The Kier molecular flexibility index (Phi) is 8.35. The second-order valence-corrected chi connectivity index (χ2v) is 10.4. The molecule has 0 aliphatic carbocycles. The number of anilines is 3. The van der Waals surface area contributed by atoms with Crippen LogP contribution in [0, 0.1) is 6.92 Å². The van der Waals surface area contributed by atoms with Gasteiger partial charge in [-0.15, -0.1) is 0 Å². The van der Waals surface area contributed by atoms with Crippen LogP contribution in [0.3, 0.4) is 0 Å². The summed E-state index contributed by atoms with van der Waals surface area (Å²) in [6, 6.07) is 30.4. The van der Waals surface area contributed by atoms with Crippen LogP contribution in [0.25, 0.3) is 22.2 Å². The number of rotatable bonds is 8. The number of nitrogens with one attached hydrogen (secondary N) is 3. The molecule has 2 amide bonds. The van der Waals surface area contributed by atoms with Crippen LogP contribution in [0.15, 0.2) is 97.1 Å². The Morgan fingerprint density at radius 1 is 0.814 bits per heavy atom. The number of nitrogens with zero attached hydrogens (tertiary/aromatic N) is 3. The van der Waals surface area contributed by atoms with Gasteiger partial charge in [0.1, 0.15) is 0 Å². The summed E-state index contributed by atoms with van der Waals surface area (Å²) < 4.78 is 5.36. The summed E-state index contributed by atoms with van der Waals surface area (Å²) in [5, 5.41) is 10.2. The molecule has 0 saturated carbocycles. The van der Waals surface area contributed by atoms with Crippen LogP contribution in [-0.2, 0) is 4.74 Å². The van der Waals surface area contributed by atoms with Crippen LogP contribution in [0.2, 0.25) is 0 Å². The third-order valence-corrected chi connectivity index (χ3v) is 7.37. The molecule has 1 fully saturated rings. The number of hydrogen-bond acceptors (Lipinski definition) is 7. The number of para-hydroxylation sites is 1. The largest absolute Gasteiger partial charge is 0.379 e. The van der Waals surface area contributed by atoms with Crippen LogP contribution in [0.5, 0.6) is 0 Å². The average Bonchev–Trinajstić information content (AvgIpc) is 3.05. The second-order valence-electron chi connectivity index (χ2n) is 10.4. The predicted octanol–water partition coefficient (Wildman–Crippen LogP) is 5.62. The Morgan fingerprint density at radius 2 is 1.53 bits per heavy atom. The summed E-state index contributed by atoms with van der Waals surface area (Å²) in [7, 11) is 0. The number of ether oxygens (including phenoxy) is 1. The molecule has 1 aliphatic heterocycles. The number of morpholine rings is 1. The molecule has 43 heavy (non-hydrogen) atoms. The lowest BCUT2D eigenvalue weighted by molar-refractivity contribution is 0.0334. The summed E-state index contributed by atoms with van der Waals surface area (Å²) in [5.74, 6) is 0.00619. The maximum atomic E-state index is 13.1. The molecule has 4 aromatic carbocycles. The van der Waals surface area contributed by atoms with Crippen molar-refractivity contribution in [1.29, 1.82) is 0 Å². The molecule has 1 aromatic heterocycles. The molecular weight excluding hydrogens is 540 g/mol. The van der Waals surface area contributed by atoms with Gasteiger partial charge in [0.15, 0.2) is 0 Å². The highest BCUT2D eigenvalue weighted by atomic mass is 16.5. The first kappa shape index (κ1) is 28.0. The lowest BCUT2D eigenvalue weighted by atomic mass is 10.1. The van der Waals surface area contributed by atoms with Crippen molar-refractivity contribution in [3.05, 3.63) is 114 Å². The quantitative estimate of drug-likeness (QED) is 0.221. The highest BCUT2D eigenvalue weighted by Crippen LogP contribution is 2.28. The highest BCUT2D eigenvalue weighted by Gasteiger charge is 2.15. The zero-order chi connectivity index (χ0) is 29.6. The van der Waals surface area contributed by atoms with Crippen LogP contribution in [0.4, 0.5) is 17.3 Å². The van der Waals surface area contributed by atoms with Gasteiger partial charge in [0.2, 0.25) is 5.95 Å². The minimum Gasteiger partial charge on any atom is -0.379 e. The van der Waals surface area contributed by atoms with Gasteiger partial charge in [0.05, 0.1) is 31.1 Å². The summed E-state index contributed by atoms with van der Waals surface area (Å²) >= 11 is 0. The molecular formula is C34H32N6O3. The zero-order valence-electron chi connectivity index (χ0n) is 23.8. The third kappa shape index (κ3) is 6.69. The van der Waals surface area contributed by atoms with Crippen molar-refractivity contribution in [2.75, 3.05) is 43.6 Å². The van der Waals surface area contributed by atoms with E-state index < -0.39 is 0 Å². The van der Waals surface area contributed by atoms with Gasteiger partial charge in [0.25, 0.3) is 11.8 Å². The van der Waals surface area contributed by atoms with Crippen molar-refractivity contribution in [3.63, 3.8) is 0 Å². The molecule has 0 atom stereocenters. The van der Waals surface area contributed by atoms with Crippen molar-refractivity contribution in [3.8, 4) is 11.3 Å². The van der Waals surface area contributed by atoms with Gasteiger partial charge in [-0.2, -0.15) is 0 Å². The molecule has 0 radical (unpaired) electrons. The fourth-order valence-electron chi connectivity index (χ4n) is 4.92. The standard InChI is InChI=1S/C34H32N6O3/c1-23-11-12-26(32(41)35-22-40-17-19-43-20-18-40)21-30(23)37-33(42)25-13-15-27(16-14-25)36-34-38-29-10-6-5-9-28(29)31(39-34)24-7-3-2-4-8-24/h2-16,21H,17-20,22H2,1H3,(H,35,41)(H,37,42)(H,36,38,39). The van der Waals surface area contributed by atoms with E-state index in [4.69, 9.17) is 14.7 Å². The topological polar surface area (TPSA) is 108 Å². The normalized spacial score (nSPS) is 13.4. The number of benzene rings is 4. The Morgan fingerprint density at radius 3 is 2.33 bits per heavy atom. The van der Waals surface area contributed by atoms with E-state index in [1.807, 2.05) is 79.7 Å². The molecule has 5 aromatic rings. The highest BCUT2D eigenvalue weighted by molar-refractivity contribution is 6.06. The number of amides is 2. The maximum Gasteiger partial charge on any atom is 0.255 e. The fraction of sp³-hybridized carbons (Fsp3) is 0.176. The Hall–Kier alpha value is -5.12. The molecule has 9 nitrogen and oxygen atoms in total. The first-order valence-electron chi connectivity index (χ1n) is 14.2. The van der Waals surface area contributed by atoms with Crippen molar-refractivity contribution in [2.24, 2.45) is 0 Å². The summed E-state index contributed by atoms with van der Waals surface area (Å²) in [4.78, 5) is 37.5. The molecule has 0 bridgehead atoms. The molecule has 6 rings (SSSR count). The van der Waals surface area contributed by atoms with Crippen molar-refractivity contribution < 1.29 is 14.3 Å². The number of aromatic nitrogens is 2. The zero-order valence-corrected chi connectivity index (χ0v) is 23.8. The van der Waals surface area contributed by atoms with Gasteiger partial charge in [-0.05, 0) is 55.0 Å². The van der Waals surface area contributed by atoms with E-state index in [2.05, 4.69) is 20.9 Å². The lowest BCUT2D eigenvalue weighted by Gasteiger charge is -2.26. The molecule has 0 spiro atoms. The Bertz CT molecular complexity index is 1750. The molecule has 1 aliphatic rings. The van der Waals surface area contributed by atoms with Crippen molar-refractivity contribution >= 4 is 40.0 Å². The Labute approximate surface area is 249 Å². The van der Waals surface area contributed by atoms with E-state index in [-0.39, 0.29) is 11.8 Å². The van der Waals surface area contributed by atoms with Crippen LogP contribution >= 0.6 is 0 Å². The first-order valence-corrected chi connectivity index (χ1v) is 14.2. The monoisotopic (exact) mass is 572 g/mol. The Balaban J connectivity index is 1.13. The van der Waals surface area contributed by atoms with E-state index >= 15 is 0 Å². The molecule has 0 unspecified atom stereocenters. The van der Waals surface area contributed by atoms with Crippen molar-refractivity contribution in [2.45, 2.75) is 6.92 Å². The van der Waals surface area contributed by atoms with E-state index in [9.17, 15) is 9.59 Å². The summed E-state index contributed by atoms with van der Waals surface area (Å²) in [6.45, 7) is 5.25. The predicted molar refractivity (Wildman–Crippen MR) is 169 cm³/mol. The minimum atomic E-state index is -0.270. The van der Waals surface area contributed by atoms with Gasteiger partial charge in [-0.25, -0.2) is 9.97 Å². The second kappa shape index (κ2) is 12.8. The van der Waals surface area contributed by atoms with E-state index in [0.29, 0.717) is 42.6 Å². The van der Waals surface area contributed by atoms with Gasteiger partial charge >= 0.3 is 0 Å². The summed E-state index contributed by atoms with van der Waals surface area (Å²) in [5.41, 5.74) is 5.85. The molecule has 216 valence electrons. The maximum absolute atomic E-state index is 13.1. The van der Waals surface area contributed by atoms with E-state index in [1.54, 1.807) is 24.3 Å². The number of carbonyl (C=O) groups excluding carboxylic acids is 2. The molecule has 9 heteroatoms. The lowest BCUT2D eigenvalue weighted by Crippen LogP contribution is -2.43. The molecule has 3 N–H and O–H groups in total. The van der Waals surface area contributed by atoms with Gasteiger partial charge < -0.3 is 20.7 Å². The van der Waals surface area contributed by atoms with Crippen LogP contribution in [-0.4, -0.2) is 59.7 Å². The summed E-state index contributed by atoms with van der Waals surface area (Å²) in [6.07, 6.45) is 0. The smallest absolute Gasteiger partial charge is 0.255 e. The van der Waals surface area contributed by atoms with E-state index in [1.165, 1.54) is 0 Å². The third-order valence-electron chi connectivity index (χ3n) is 7.37. The number of aryl methyl sites for hydroxylation is 1. The minimum absolute atomic E-state index is 0.191. The van der Waals surface area contributed by atoms with E-state index in [0.717, 1.165) is 46.5 Å². The van der Waals surface area contributed by atoms with Crippen LogP contribution in [0.1, 0.15) is 26.3 Å². The van der Waals surface area contributed by atoms with Crippen LogP contribution < -0.4 is 16.0 Å². The molecule has 1 saturated heterocycles. The fourth-order valence-corrected chi connectivity index (χ4v) is 4.92. The average molecular weight is 573 g/mol.